The average Bonchev–Trinajstić information content (AvgIpc) is 3.17. The molecule has 0 bridgehead atoms. The molecule has 6 nitrogen and oxygen atoms in total. The Kier molecular flexibility index (Phi) is 5.85. The van der Waals surface area contributed by atoms with Crippen LogP contribution in [0.15, 0.2) is 42.7 Å². The third kappa shape index (κ3) is 4.72. The Balaban J connectivity index is 0.000000197. The summed E-state index contributed by atoms with van der Waals surface area (Å²) >= 11 is 0. The van der Waals surface area contributed by atoms with Gasteiger partial charge in [-0.05, 0) is 49.6 Å². The molecule has 0 atom stereocenters. The zero-order valence-electron chi connectivity index (χ0n) is 14.8. The first kappa shape index (κ1) is 18.6. The predicted molar refractivity (Wildman–Crippen MR) is 96.9 cm³/mol. The van der Waals surface area contributed by atoms with Gasteiger partial charge in [0, 0.05) is 30.9 Å². The second-order valence-corrected chi connectivity index (χ2v) is 6.14. The number of benzene rings is 1. The number of aryl methyl sites for hydroxylation is 1. The second kappa shape index (κ2) is 8.48. The van der Waals surface area contributed by atoms with Crippen LogP contribution in [0.25, 0.3) is 11.4 Å². The maximum atomic E-state index is 12.2. The average molecular weight is 371 g/mol. The van der Waals surface area contributed by atoms with Crippen molar-refractivity contribution in [2.45, 2.75) is 26.2 Å². The van der Waals surface area contributed by atoms with Crippen LogP contribution in [0.2, 0.25) is 0 Å². The fraction of sp³-hybridized carbons (Fsp3) is 0.263. The van der Waals surface area contributed by atoms with Gasteiger partial charge < -0.3 is 0 Å². The molecule has 4 rings (SSSR count). The molecule has 3 aromatic rings. The third-order valence-corrected chi connectivity index (χ3v) is 4.07. The summed E-state index contributed by atoms with van der Waals surface area (Å²) in [6, 6.07) is 7.50. The first-order valence-corrected chi connectivity index (χ1v) is 8.59. The van der Waals surface area contributed by atoms with E-state index in [-0.39, 0.29) is 5.91 Å². The summed E-state index contributed by atoms with van der Waals surface area (Å²) in [6.07, 6.45) is 5.94. The lowest BCUT2D eigenvalue weighted by Crippen LogP contribution is -2.35. The molecule has 0 unspecified atom stereocenters. The molecule has 0 radical (unpaired) electrons. The number of anilines is 1. The first-order chi connectivity index (χ1) is 13.0. The zero-order chi connectivity index (χ0) is 19.2. The minimum Gasteiger partial charge on any atom is -0.279 e. The van der Waals surface area contributed by atoms with E-state index < -0.39 is 11.6 Å². The number of carbonyl (C=O) groups excluding carboxylic acids is 1. The Morgan fingerprint density at radius 1 is 1.07 bits per heavy atom. The van der Waals surface area contributed by atoms with Gasteiger partial charge in [0.25, 0.3) is 5.95 Å². The molecule has 1 aromatic carbocycles. The lowest BCUT2D eigenvalue weighted by Gasteiger charge is -2.22. The zero-order valence-corrected chi connectivity index (χ0v) is 14.8. The van der Waals surface area contributed by atoms with Crippen LogP contribution in [0.5, 0.6) is 0 Å². The predicted octanol–water partition coefficient (Wildman–Crippen LogP) is 3.66. The van der Waals surface area contributed by atoms with Gasteiger partial charge in [-0.25, -0.2) is 8.78 Å². The van der Waals surface area contributed by atoms with Crippen molar-refractivity contribution < 1.29 is 13.6 Å². The van der Waals surface area contributed by atoms with Crippen molar-refractivity contribution >= 4 is 11.9 Å². The molecule has 0 aliphatic carbocycles. The van der Waals surface area contributed by atoms with E-state index in [2.05, 4.69) is 20.2 Å². The maximum absolute atomic E-state index is 12.2. The van der Waals surface area contributed by atoms with E-state index in [4.69, 9.17) is 0 Å². The van der Waals surface area contributed by atoms with Crippen LogP contribution < -0.4 is 4.90 Å². The summed E-state index contributed by atoms with van der Waals surface area (Å²) in [5.41, 5.74) is 1.64. The molecule has 0 spiro atoms. The van der Waals surface area contributed by atoms with Gasteiger partial charge in [0.05, 0.1) is 0 Å². The molecule has 1 aliphatic heterocycles. The SMILES string of the molecule is Cc1ccc(F)c(F)c1.O=C1CCCCN1c1n[nH]c(-c2ccncc2)n1. The number of H-pyrrole nitrogens is 1. The molecule has 140 valence electrons. The van der Waals surface area contributed by atoms with Gasteiger partial charge in [-0.1, -0.05) is 6.07 Å². The van der Waals surface area contributed by atoms with E-state index in [1.165, 1.54) is 6.07 Å². The number of piperidine rings is 1. The van der Waals surface area contributed by atoms with E-state index in [0.29, 0.717) is 24.7 Å². The van der Waals surface area contributed by atoms with Gasteiger partial charge in [-0.15, -0.1) is 5.10 Å². The minimum atomic E-state index is -0.791. The van der Waals surface area contributed by atoms with Crippen molar-refractivity contribution in [1.29, 1.82) is 0 Å². The van der Waals surface area contributed by atoms with Crippen LogP contribution in [0.3, 0.4) is 0 Å². The topological polar surface area (TPSA) is 74.8 Å². The number of nitrogens with zero attached hydrogens (tertiary/aromatic N) is 4. The van der Waals surface area contributed by atoms with Crippen LogP contribution in [0.1, 0.15) is 24.8 Å². The largest absolute Gasteiger partial charge is 0.279 e. The van der Waals surface area contributed by atoms with Crippen molar-refractivity contribution in [2.75, 3.05) is 11.4 Å². The van der Waals surface area contributed by atoms with Crippen molar-refractivity contribution in [3.63, 3.8) is 0 Å². The molecule has 8 heteroatoms. The number of hydrogen-bond donors (Lipinski definition) is 1. The highest BCUT2D eigenvalue weighted by molar-refractivity contribution is 5.92. The number of hydrogen-bond acceptors (Lipinski definition) is 4. The summed E-state index contributed by atoms with van der Waals surface area (Å²) in [7, 11) is 0. The number of halogens is 2. The van der Waals surface area contributed by atoms with Gasteiger partial charge >= 0.3 is 0 Å². The second-order valence-electron chi connectivity index (χ2n) is 6.14. The number of carbonyl (C=O) groups is 1. The Morgan fingerprint density at radius 3 is 2.52 bits per heavy atom. The molecular formula is C19H19F2N5O. The van der Waals surface area contributed by atoms with Gasteiger partial charge in [0.2, 0.25) is 5.91 Å². The highest BCUT2D eigenvalue weighted by atomic mass is 19.2. The third-order valence-electron chi connectivity index (χ3n) is 4.07. The molecule has 2 aromatic heterocycles. The smallest absolute Gasteiger partial charge is 0.251 e. The van der Waals surface area contributed by atoms with Crippen LogP contribution in [-0.4, -0.2) is 32.6 Å². The molecule has 1 aliphatic rings. The summed E-state index contributed by atoms with van der Waals surface area (Å²) < 4.78 is 24.3. The summed E-state index contributed by atoms with van der Waals surface area (Å²) in [5, 5.41) is 6.97. The van der Waals surface area contributed by atoms with Gasteiger partial charge in [-0.3, -0.25) is 19.8 Å². The van der Waals surface area contributed by atoms with E-state index in [9.17, 15) is 13.6 Å². The lowest BCUT2D eigenvalue weighted by atomic mass is 10.1. The van der Waals surface area contributed by atoms with E-state index >= 15 is 0 Å². The molecule has 1 saturated heterocycles. The normalized spacial score (nSPS) is 13.9. The Morgan fingerprint density at radius 2 is 1.85 bits per heavy atom. The van der Waals surface area contributed by atoms with Gasteiger partial charge in [-0.2, -0.15) is 4.98 Å². The van der Waals surface area contributed by atoms with Crippen LogP contribution >= 0.6 is 0 Å². The first-order valence-electron chi connectivity index (χ1n) is 8.59. The van der Waals surface area contributed by atoms with Crippen LogP contribution in [0, 0.1) is 18.6 Å². The fourth-order valence-corrected chi connectivity index (χ4v) is 2.63. The molecule has 1 N–H and O–H groups in total. The number of rotatable bonds is 2. The number of nitrogens with one attached hydrogen (secondary N) is 1. The van der Waals surface area contributed by atoms with Crippen LogP contribution in [0.4, 0.5) is 14.7 Å². The highest BCUT2D eigenvalue weighted by Crippen LogP contribution is 2.20. The summed E-state index contributed by atoms with van der Waals surface area (Å²) in [6.45, 7) is 2.41. The fourth-order valence-electron chi connectivity index (χ4n) is 2.63. The van der Waals surface area contributed by atoms with Crippen molar-refractivity contribution in [1.82, 2.24) is 20.2 Å². The van der Waals surface area contributed by atoms with Crippen molar-refractivity contribution in [3.05, 3.63) is 59.9 Å². The quantitative estimate of drug-likeness (QED) is 0.746. The van der Waals surface area contributed by atoms with E-state index in [0.717, 1.165) is 36.1 Å². The van der Waals surface area contributed by atoms with Crippen molar-refractivity contribution in [2.24, 2.45) is 0 Å². The molecule has 1 fully saturated rings. The lowest BCUT2D eigenvalue weighted by molar-refractivity contribution is -0.119. The number of aromatic nitrogens is 4. The summed E-state index contributed by atoms with van der Waals surface area (Å²) in [5.74, 6) is -0.352. The monoisotopic (exact) mass is 371 g/mol. The summed E-state index contributed by atoms with van der Waals surface area (Å²) in [4.78, 5) is 21.7. The van der Waals surface area contributed by atoms with E-state index in [1.807, 2.05) is 12.1 Å². The number of amides is 1. The van der Waals surface area contributed by atoms with E-state index in [1.54, 1.807) is 24.2 Å². The van der Waals surface area contributed by atoms with Crippen LogP contribution in [-0.2, 0) is 4.79 Å². The molecule has 3 heterocycles. The standard InChI is InChI=1S/C12H13N5O.C7H6F2/c18-10-3-1-2-8-17(10)12-14-11(15-16-12)9-4-6-13-7-5-9;1-5-2-3-6(8)7(9)4-5/h4-7H,1-3,8H2,(H,14,15,16);2-4H,1H3. The molecule has 27 heavy (non-hydrogen) atoms. The number of pyridine rings is 1. The molecular weight excluding hydrogens is 352 g/mol. The Hall–Kier alpha value is -3.16. The maximum Gasteiger partial charge on any atom is 0.251 e. The Bertz CT molecular complexity index is 913. The van der Waals surface area contributed by atoms with Crippen molar-refractivity contribution in [3.8, 4) is 11.4 Å². The highest BCUT2D eigenvalue weighted by Gasteiger charge is 2.23. The van der Waals surface area contributed by atoms with Gasteiger partial charge in [0.1, 0.15) is 0 Å². The molecule has 0 saturated carbocycles. The molecule has 1 amide bonds. The Labute approximate surface area is 155 Å². The minimum absolute atomic E-state index is 0.0986. The van der Waals surface area contributed by atoms with Gasteiger partial charge in [0.15, 0.2) is 17.5 Å². The number of aromatic amines is 1.